The summed E-state index contributed by atoms with van der Waals surface area (Å²) in [5.41, 5.74) is 8.22. The minimum Gasteiger partial charge on any atom is -0.383 e. The van der Waals surface area contributed by atoms with E-state index < -0.39 is 11.9 Å². The second-order valence-corrected chi connectivity index (χ2v) is 9.64. The van der Waals surface area contributed by atoms with Crippen LogP contribution in [-0.2, 0) is 7.05 Å². The van der Waals surface area contributed by atoms with Crippen LogP contribution in [-0.4, -0.2) is 39.6 Å². The van der Waals surface area contributed by atoms with E-state index in [9.17, 15) is 9.59 Å². The number of hydrogen-bond acceptors (Lipinski definition) is 8. The summed E-state index contributed by atoms with van der Waals surface area (Å²) in [4.78, 5) is 41.0. The highest BCUT2D eigenvalue weighted by Crippen LogP contribution is 2.25. The first kappa shape index (κ1) is 24.1. The molecule has 6 rings (SSSR count). The van der Waals surface area contributed by atoms with Crippen LogP contribution >= 0.6 is 11.3 Å². The Morgan fingerprint density at radius 1 is 1.18 bits per heavy atom. The normalized spacial score (nSPS) is 11.8. The number of anilines is 1. The van der Waals surface area contributed by atoms with Crippen LogP contribution in [0.25, 0.3) is 21.6 Å². The molecule has 0 aliphatic heterocycles. The Balaban J connectivity index is 1.46. The Bertz CT molecular complexity index is 1990. The molecule has 39 heavy (non-hydrogen) atoms. The van der Waals surface area contributed by atoms with Gasteiger partial charge in [0.05, 0.1) is 34.4 Å². The van der Waals surface area contributed by atoms with Crippen molar-refractivity contribution >= 4 is 38.9 Å². The minimum atomic E-state index is -0.670. The number of benzene rings is 1. The van der Waals surface area contributed by atoms with Crippen LogP contribution in [0.3, 0.4) is 0 Å². The molecule has 0 saturated heterocycles. The van der Waals surface area contributed by atoms with Crippen LogP contribution in [0, 0.1) is 11.8 Å². The molecule has 0 aliphatic carbocycles. The molecule has 1 aromatic carbocycles. The maximum absolute atomic E-state index is 14.0. The zero-order valence-corrected chi connectivity index (χ0v) is 21.7. The van der Waals surface area contributed by atoms with Gasteiger partial charge in [0.1, 0.15) is 28.4 Å². The molecule has 0 saturated carbocycles. The van der Waals surface area contributed by atoms with Gasteiger partial charge < -0.3 is 11.1 Å². The van der Waals surface area contributed by atoms with E-state index in [0.717, 1.165) is 5.56 Å². The molecule has 0 bridgehead atoms. The topological polar surface area (TPSA) is 138 Å². The first-order chi connectivity index (χ1) is 18.9. The van der Waals surface area contributed by atoms with Gasteiger partial charge in [-0.15, -0.1) is 11.3 Å². The van der Waals surface area contributed by atoms with Crippen LogP contribution in [0.5, 0.6) is 0 Å². The molecule has 11 nitrogen and oxygen atoms in total. The maximum Gasteiger partial charge on any atom is 0.268 e. The minimum absolute atomic E-state index is 0.0531. The molecule has 0 aliphatic rings. The number of thiophene rings is 1. The van der Waals surface area contributed by atoms with E-state index in [1.165, 1.54) is 22.2 Å². The lowest BCUT2D eigenvalue weighted by Gasteiger charge is -2.19. The number of nitrogens with one attached hydrogen (secondary N) is 1. The summed E-state index contributed by atoms with van der Waals surface area (Å²) in [6, 6.07) is 8.49. The Morgan fingerprint density at radius 2 is 2.00 bits per heavy atom. The fourth-order valence-electron chi connectivity index (χ4n) is 4.30. The van der Waals surface area contributed by atoms with Gasteiger partial charge >= 0.3 is 0 Å². The Morgan fingerprint density at radius 3 is 2.77 bits per heavy atom. The molecule has 0 fully saturated rings. The number of aromatic nitrogens is 7. The summed E-state index contributed by atoms with van der Waals surface area (Å²) in [6.07, 6.45) is 8.19. The van der Waals surface area contributed by atoms with Gasteiger partial charge in [-0.25, -0.2) is 15.0 Å². The van der Waals surface area contributed by atoms with Crippen LogP contribution in [0.1, 0.15) is 40.3 Å². The molecule has 5 aromatic heterocycles. The number of amides is 1. The third kappa shape index (κ3) is 4.30. The molecule has 12 heteroatoms. The lowest BCUT2D eigenvalue weighted by molar-refractivity contribution is 0.0939. The van der Waals surface area contributed by atoms with E-state index in [0.29, 0.717) is 32.9 Å². The number of rotatable bonds is 4. The molecule has 0 spiro atoms. The summed E-state index contributed by atoms with van der Waals surface area (Å²) < 4.78 is 4.78. The van der Waals surface area contributed by atoms with Crippen LogP contribution in [0.2, 0.25) is 0 Å². The fourth-order valence-corrected chi connectivity index (χ4v) is 5.16. The Labute approximate surface area is 225 Å². The smallest absolute Gasteiger partial charge is 0.268 e. The predicted molar refractivity (Wildman–Crippen MR) is 148 cm³/mol. The van der Waals surface area contributed by atoms with E-state index in [2.05, 4.69) is 32.2 Å². The number of fused-ring (bicyclic) bond motifs is 2. The number of para-hydroxylation sites is 1. The number of nitrogens with two attached hydrogens (primary N) is 1. The molecule has 3 N–H and O–H groups in total. The lowest BCUT2D eigenvalue weighted by Crippen LogP contribution is -2.33. The fraction of sp³-hybridized carbons (Fsp3) is 0.111. The number of nitrogens with zero attached hydrogens (tertiary/aromatic N) is 7. The van der Waals surface area contributed by atoms with E-state index in [-0.39, 0.29) is 16.9 Å². The number of nitrogen functional groups attached to an aromatic ring is 1. The second kappa shape index (κ2) is 9.55. The van der Waals surface area contributed by atoms with Crippen molar-refractivity contribution in [3.8, 4) is 17.5 Å². The molecule has 1 atom stereocenters. The monoisotopic (exact) mass is 535 g/mol. The molecule has 1 amide bonds. The number of carbonyl (C=O) groups is 1. The number of imidazole rings is 1. The average molecular weight is 536 g/mol. The molecular formula is C27H21N9O2S. The SMILES string of the molecule is C[C@@H](NC(=O)c1c(N)ncn2ccnc12)c1nc2scc(C#Cc3cnn(C)c3)c2c(=O)n1-c1ccccc1. The first-order valence-corrected chi connectivity index (χ1v) is 12.8. The molecule has 192 valence electrons. The largest absolute Gasteiger partial charge is 0.383 e. The predicted octanol–water partition coefficient (Wildman–Crippen LogP) is 2.70. The van der Waals surface area contributed by atoms with Crippen LogP contribution in [0.15, 0.2) is 71.6 Å². The zero-order valence-electron chi connectivity index (χ0n) is 20.9. The van der Waals surface area contributed by atoms with Crippen LogP contribution < -0.4 is 16.6 Å². The maximum atomic E-state index is 14.0. The van der Waals surface area contributed by atoms with Crippen molar-refractivity contribution in [2.75, 3.05) is 5.73 Å². The van der Waals surface area contributed by atoms with Gasteiger partial charge in [0.2, 0.25) is 0 Å². The third-order valence-electron chi connectivity index (χ3n) is 6.13. The number of hydrogen-bond donors (Lipinski definition) is 2. The van der Waals surface area contributed by atoms with Gasteiger partial charge in [-0.1, -0.05) is 30.0 Å². The van der Waals surface area contributed by atoms with E-state index >= 15 is 0 Å². The van der Waals surface area contributed by atoms with Gasteiger partial charge in [-0.2, -0.15) is 5.10 Å². The van der Waals surface area contributed by atoms with Crippen molar-refractivity contribution in [3.63, 3.8) is 0 Å². The van der Waals surface area contributed by atoms with E-state index in [1.807, 2.05) is 42.8 Å². The lowest BCUT2D eigenvalue weighted by atomic mass is 10.2. The van der Waals surface area contributed by atoms with Crippen molar-refractivity contribution in [3.05, 3.63) is 99.7 Å². The highest BCUT2D eigenvalue weighted by molar-refractivity contribution is 7.17. The summed E-state index contributed by atoms with van der Waals surface area (Å²) in [6.45, 7) is 1.76. The van der Waals surface area contributed by atoms with Crippen molar-refractivity contribution < 1.29 is 4.79 Å². The molecule has 5 heterocycles. The highest BCUT2D eigenvalue weighted by atomic mass is 32.1. The number of aryl methyl sites for hydroxylation is 1. The summed E-state index contributed by atoms with van der Waals surface area (Å²) >= 11 is 1.32. The average Bonchev–Trinajstić information content (AvgIpc) is 3.67. The van der Waals surface area contributed by atoms with E-state index in [1.54, 1.807) is 40.8 Å². The summed E-state index contributed by atoms with van der Waals surface area (Å²) in [5, 5.41) is 9.29. The van der Waals surface area contributed by atoms with E-state index in [4.69, 9.17) is 10.7 Å². The van der Waals surface area contributed by atoms with Crippen molar-refractivity contribution in [1.29, 1.82) is 0 Å². The standard InChI is InChI=1S/C27H21N9O2S/c1-16(32-25(37)21-22(28)30-15-35-11-10-29-24(21)35)23-33-26-20(27(38)36(23)19-6-4-3-5-7-19)18(14-39-26)9-8-17-12-31-34(2)13-17/h3-7,10-16H,28H2,1-2H3,(H,32,37)/t16-/m1/s1. The first-order valence-electron chi connectivity index (χ1n) is 11.9. The molecule has 0 unspecified atom stereocenters. The zero-order chi connectivity index (χ0) is 27.1. The summed E-state index contributed by atoms with van der Waals surface area (Å²) in [7, 11) is 1.82. The highest BCUT2D eigenvalue weighted by Gasteiger charge is 2.24. The van der Waals surface area contributed by atoms with Crippen LogP contribution in [0.4, 0.5) is 5.82 Å². The van der Waals surface area contributed by atoms with Gasteiger partial charge in [0, 0.05) is 31.0 Å². The summed E-state index contributed by atoms with van der Waals surface area (Å²) in [5.74, 6) is 6.09. The molecule has 6 aromatic rings. The van der Waals surface area contributed by atoms with Gasteiger partial charge in [-0.3, -0.25) is 23.2 Å². The van der Waals surface area contributed by atoms with Gasteiger partial charge in [0.15, 0.2) is 5.65 Å². The second-order valence-electron chi connectivity index (χ2n) is 8.79. The van der Waals surface area contributed by atoms with Crippen molar-refractivity contribution in [2.45, 2.75) is 13.0 Å². The van der Waals surface area contributed by atoms with Crippen molar-refractivity contribution in [2.24, 2.45) is 7.05 Å². The third-order valence-corrected chi connectivity index (χ3v) is 7.00. The van der Waals surface area contributed by atoms with Gasteiger partial charge in [0.25, 0.3) is 11.5 Å². The molecular weight excluding hydrogens is 514 g/mol. The quantitative estimate of drug-likeness (QED) is 0.331. The van der Waals surface area contributed by atoms with Gasteiger partial charge in [-0.05, 0) is 19.1 Å². The number of carbonyl (C=O) groups excluding carboxylic acids is 1. The Kier molecular flexibility index (Phi) is 5.90. The van der Waals surface area contributed by atoms with Crippen molar-refractivity contribution in [1.82, 2.24) is 39.0 Å². The molecule has 0 radical (unpaired) electrons. The Hall–Kier alpha value is -5.28.